The molecule has 2 heterocycles. The Morgan fingerprint density at radius 3 is 2.71 bits per heavy atom. The summed E-state index contributed by atoms with van der Waals surface area (Å²) in [6.07, 6.45) is 0. The van der Waals surface area contributed by atoms with Gasteiger partial charge in [0.15, 0.2) is 6.61 Å². The van der Waals surface area contributed by atoms with E-state index in [1.807, 2.05) is 17.9 Å². The van der Waals surface area contributed by atoms with E-state index in [-0.39, 0.29) is 12.5 Å². The molecular formula is C18H21ClN2O2S. The second kappa shape index (κ2) is 8.01. The predicted octanol–water partition coefficient (Wildman–Crippen LogP) is 3.43. The van der Waals surface area contributed by atoms with Gasteiger partial charge < -0.3 is 9.64 Å². The summed E-state index contributed by atoms with van der Waals surface area (Å²) in [5.41, 5.74) is 0.948. The first-order chi connectivity index (χ1) is 11.6. The van der Waals surface area contributed by atoms with E-state index in [2.05, 4.69) is 22.4 Å². The molecule has 0 saturated carbocycles. The van der Waals surface area contributed by atoms with Gasteiger partial charge in [0.2, 0.25) is 0 Å². The number of aryl methyl sites for hydroxylation is 1. The van der Waals surface area contributed by atoms with Gasteiger partial charge in [-0.05, 0) is 42.1 Å². The Morgan fingerprint density at radius 2 is 2.04 bits per heavy atom. The number of hydrogen-bond donors (Lipinski definition) is 0. The maximum Gasteiger partial charge on any atom is 0.260 e. The summed E-state index contributed by atoms with van der Waals surface area (Å²) in [4.78, 5) is 17.9. The molecule has 6 heteroatoms. The molecule has 4 nitrogen and oxygen atoms in total. The number of carbonyl (C=O) groups is 1. The first-order valence-corrected chi connectivity index (χ1v) is 9.29. The highest BCUT2D eigenvalue weighted by molar-refractivity contribution is 7.09. The highest BCUT2D eigenvalue weighted by Gasteiger charge is 2.21. The van der Waals surface area contributed by atoms with Crippen molar-refractivity contribution in [1.82, 2.24) is 9.80 Å². The third-order valence-electron chi connectivity index (χ3n) is 4.18. The lowest BCUT2D eigenvalue weighted by Gasteiger charge is -2.34. The van der Waals surface area contributed by atoms with Crippen molar-refractivity contribution in [1.29, 1.82) is 0 Å². The Balaban J connectivity index is 1.44. The Bertz CT molecular complexity index is 682. The fourth-order valence-corrected chi connectivity index (χ4v) is 3.59. The first kappa shape index (κ1) is 17.3. The van der Waals surface area contributed by atoms with Gasteiger partial charge in [-0.25, -0.2) is 0 Å². The monoisotopic (exact) mass is 364 g/mol. The molecule has 3 rings (SSSR count). The normalized spacial score (nSPS) is 15.5. The van der Waals surface area contributed by atoms with Gasteiger partial charge in [-0.15, -0.1) is 11.3 Å². The Kier molecular flexibility index (Phi) is 5.76. The van der Waals surface area contributed by atoms with Crippen LogP contribution in [0.25, 0.3) is 0 Å². The number of nitrogens with zero attached hydrogens (tertiary/aromatic N) is 2. The molecule has 0 N–H and O–H groups in total. The van der Waals surface area contributed by atoms with Crippen molar-refractivity contribution in [3.05, 3.63) is 51.2 Å². The molecule has 1 amide bonds. The van der Waals surface area contributed by atoms with Crippen molar-refractivity contribution in [2.75, 3.05) is 32.8 Å². The van der Waals surface area contributed by atoms with E-state index >= 15 is 0 Å². The van der Waals surface area contributed by atoms with Gasteiger partial charge in [0, 0.05) is 42.6 Å². The van der Waals surface area contributed by atoms with Crippen LogP contribution in [0.4, 0.5) is 0 Å². The van der Waals surface area contributed by atoms with Gasteiger partial charge in [-0.3, -0.25) is 9.69 Å². The van der Waals surface area contributed by atoms with E-state index in [1.54, 1.807) is 23.5 Å². The van der Waals surface area contributed by atoms with Crippen molar-refractivity contribution in [3.63, 3.8) is 0 Å². The predicted molar refractivity (Wildman–Crippen MR) is 97.9 cm³/mol. The lowest BCUT2D eigenvalue weighted by molar-refractivity contribution is -0.135. The van der Waals surface area contributed by atoms with Gasteiger partial charge in [0.05, 0.1) is 0 Å². The zero-order chi connectivity index (χ0) is 16.9. The minimum absolute atomic E-state index is 0.0402. The summed E-state index contributed by atoms with van der Waals surface area (Å²) < 4.78 is 5.61. The fourth-order valence-electron chi connectivity index (χ4n) is 2.72. The zero-order valence-electron chi connectivity index (χ0n) is 13.7. The van der Waals surface area contributed by atoms with Crippen LogP contribution in [0.5, 0.6) is 5.75 Å². The maximum absolute atomic E-state index is 12.3. The van der Waals surface area contributed by atoms with Crippen LogP contribution in [0.3, 0.4) is 0 Å². The van der Waals surface area contributed by atoms with Gasteiger partial charge in [0.25, 0.3) is 5.91 Å². The number of amides is 1. The average Bonchev–Trinajstić information content (AvgIpc) is 3.09. The number of hydrogen-bond acceptors (Lipinski definition) is 4. The van der Waals surface area contributed by atoms with Crippen LogP contribution in [0, 0.1) is 6.92 Å². The Morgan fingerprint density at radius 1 is 1.25 bits per heavy atom. The Hall–Kier alpha value is -1.56. The fraction of sp³-hybridized carbons (Fsp3) is 0.389. The van der Waals surface area contributed by atoms with E-state index < -0.39 is 0 Å². The second-order valence-corrected chi connectivity index (χ2v) is 7.38. The van der Waals surface area contributed by atoms with Crippen LogP contribution < -0.4 is 4.74 Å². The van der Waals surface area contributed by atoms with Gasteiger partial charge in [0.1, 0.15) is 5.75 Å². The summed E-state index contributed by atoms with van der Waals surface area (Å²) in [6, 6.07) is 9.68. The maximum atomic E-state index is 12.3. The summed E-state index contributed by atoms with van der Waals surface area (Å²) in [7, 11) is 0. The number of thiophene rings is 1. The molecule has 1 fully saturated rings. The SMILES string of the molecule is Cc1cc(OCC(=O)N2CCN(Cc3cccs3)CC2)ccc1Cl. The lowest BCUT2D eigenvalue weighted by atomic mass is 10.2. The molecule has 2 aromatic rings. The lowest BCUT2D eigenvalue weighted by Crippen LogP contribution is -2.49. The molecule has 128 valence electrons. The van der Waals surface area contributed by atoms with Crippen LogP contribution in [-0.4, -0.2) is 48.5 Å². The summed E-state index contributed by atoms with van der Waals surface area (Å²) >= 11 is 7.77. The van der Waals surface area contributed by atoms with Crippen LogP contribution in [-0.2, 0) is 11.3 Å². The molecule has 0 aliphatic carbocycles. The van der Waals surface area contributed by atoms with Crippen molar-refractivity contribution in [3.8, 4) is 5.75 Å². The molecule has 1 aromatic carbocycles. The van der Waals surface area contributed by atoms with Gasteiger partial charge in [-0.1, -0.05) is 17.7 Å². The molecule has 0 bridgehead atoms. The summed E-state index contributed by atoms with van der Waals surface area (Å²) in [5.74, 6) is 0.722. The smallest absolute Gasteiger partial charge is 0.260 e. The average molecular weight is 365 g/mol. The van der Waals surface area contributed by atoms with Gasteiger partial charge in [-0.2, -0.15) is 0 Å². The van der Waals surface area contributed by atoms with Gasteiger partial charge >= 0.3 is 0 Å². The molecule has 0 atom stereocenters. The third kappa shape index (κ3) is 4.50. The third-order valence-corrected chi connectivity index (χ3v) is 5.46. The molecule has 1 aliphatic rings. The largest absolute Gasteiger partial charge is 0.484 e. The van der Waals surface area contributed by atoms with E-state index in [1.165, 1.54) is 4.88 Å². The Labute approximate surface area is 151 Å². The van der Waals surface area contributed by atoms with E-state index in [0.29, 0.717) is 10.8 Å². The molecule has 1 aliphatic heterocycles. The first-order valence-electron chi connectivity index (χ1n) is 8.03. The standard InChI is InChI=1S/C18H21ClN2O2S/c1-14-11-15(4-5-17(14)19)23-13-18(22)21-8-6-20(7-9-21)12-16-3-2-10-24-16/h2-5,10-11H,6-9,12-13H2,1H3. The van der Waals surface area contributed by atoms with Crippen LogP contribution in [0.2, 0.25) is 5.02 Å². The number of piperazine rings is 1. The summed E-state index contributed by atoms with van der Waals surface area (Å²) in [5, 5.41) is 2.81. The number of halogens is 1. The molecule has 0 radical (unpaired) electrons. The molecule has 1 aromatic heterocycles. The molecular weight excluding hydrogens is 344 g/mol. The minimum atomic E-state index is 0.0402. The van der Waals surface area contributed by atoms with E-state index in [9.17, 15) is 4.79 Å². The number of ether oxygens (including phenoxy) is 1. The van der Waals surface area contributed by atoms with E-state index in [4.69, 9.17) is 16.3 Å². The molecule has 0 spiro atoms. The van der Waals surface area contributed by atoms with Crippen molar-refractivity contribution in [2.45, 2.75) is 13.5 Å². The summed E-state index contributed by atoms with van der Waals surface area (Å²) in [6.45, 7) is 6.30. The van der Waals surface area contributed by atoms with E-state index in [0.717, 1.165) is 38.3 Å². The topological polar surface area (TPSA) is 32.8 Å². The van der Waals surface area contributed by atoms with Crippen molar-refractivity contribution < 1.29 is 9.53 Å². The number of carbonyl (C=O) groups excluding carboxylic acids is 1. The van der Waals surface area contributed by atoms with Crippen molar-refractivity contribution >= 4 is 28.8 Å². The van der Waals surface area contributed by atoms with Crippen LogP contribution in [0.15, 0.2) is 35.7 Å². The number of rotatable bonds is 5. The highest BCUT2D eigenvalue weighted by Crippen LogP contribution is 2.21. The zero-order valence-corrected chi connectivity index (χ0v) is 15.3. The molecule has 24 heavy (non-hydrogen) atoms. The second-order valence-electron chi connectivity index (χ2n) is 5.94. The highest BCUT2D eigenvalue weighted by atomic mass is 35.5. The van der Waals surface area contributed by atoms with Crippen LogP contribution >= 0.6 is 22.9 Å². The van der Waals surface area contributed by atoms with Crippen LogP contribution in [0.1, 0.15) is 10.4 Å². The quantitative estimate of drug-likeness (QED) is 0.814. The minimum Gasteiger partial charge on any atom is -0.484 e. The molecule has 0 unspecified atom stereocenters. The molecule has 1 saturated heterocycles. The van der Waals surface area contributed by atoms with Crippen molar-refractivity contribution in [2.24, 2.45) is 0 Å². The number of benzene rings is 1.